The van der Waals surface area contributed by atoms with Crippen LogP contribution in [-0.4, -0.2) is 34.8 Å². The van der Waals surface area contributed by atoms with E-state index in [1.165, 1.54) is 6.92 Å². The lowest BCUT2D eigenvalue weighted by Crippen LogP contribution is -2.25. The number of halogens is 2. The maximum atomic E-state index is 12.8. The van der Waals surface area contributed by atoms with Gasteiger partial charge in [0.05, 0.1) is 13.2 Å². The zero-order valence-corrected chi connectivity index (χ0v) is 10.7. The first-order valence-corrected chi connectivity index (χ1v) is 5.73. The molecule has 1 N–H and O–H groups in total. The Morgan fingerprint density at radius 1 is 1.53 bits per heavy atom. The highest BCUT2D eigenvalue weighted by atomic mass is 19.3. The number of nitrogens with one attached hydrogen (secondary N) is 1. The number of aromatic nitrogens is 2. The number of rotatable bonds is 6. The minimum absolute atomic E-state index is 0.0542. The number of esters is 1. The van der Waals surface area contributed by atoms with Crippen molar-refractivity contribution in [1.82, 2.24) is 15.1 Å². The molecule has 1 aromatic heterocycles. The van der Waals surface area contributed by atoms with E-state index in [0.717, 1.165) is 10.7 Å². The van der Waals surface area contributed by atoms with E-state index in [1.807, 2.05) is 0 Å². The van der Waals surface area contributed by atoms with E-state index < -0.39 is 12.4 Å². The van der Waals surface area contributed by atoms with Gasteiger partial charge in [0.1, 0.15) is 5.69 Å². The predicted octanol–water partition coefficient (Wildman–Crippen LogP) is 1.13. The zero-order valence-electron chi connectivity index (χ0n) is 10.7. The van der Waals surface area contributed by atoms with E-state index in [-0.39, 0.29) is 37.0 Å². The Balaban J connectivity index is 2.82. The molecule has 1 rings (SSSR count). The average molecular weight is 275 g/mol. The molecule has 19 heavy (non-hydrogen) atoms. The standard InChI is InChI=1S/C11H15F2N3O3/c1-3-19-11(18)8-6-9(10(12)13)16(15-8)5-4-14-7(2)17/h6,10H,3-5H2,1-2H3,(H,14,17). The fourth-order valence-electron chi connectivity index (χ4n) is 1.43. The molecular formula is C11H15F2N3O3. The van der Waals surface area contributed by atoms with Crippen molar-refractivity contribution >= 4 is 11.9 Å². The SMILES string of the molecule is CCOC(=O)c1cc(C(F)F)n(CCNC(C)=O)n1. The molecule has 0 aliphatic heterocycles. The van der Waals surface area contributed by atoms with Crippen LogP contribution in [0.4, 0.5) is 8.78 Å². The van der Waals surface area contributed by atoms with Crippen LogP contribution in [0.25, 0.3) is 0 Å². The number of carbonyl (C=O) groups excluding carboxylic acids is 2. The minimum Gasteiger partial charge on any atom is -0.461 e. The zero-order chi connectivity index (χ0) is 14.4. The Labute approximate surface area is 108 Å². The van der Waals surface area contributed by atoms with Crippen molar-refractivity contribution in [2.75, 3.05) is 13.2 Å². The molecular weight excluding hydrogens is 260 g/mol. The highest BCUT2D eigenvalue weighted by molar-refractivity contribution is 5.87. The summed E-state index contributed by atoms with van der Waals surface area (Å²) >= 11 is 0. The van der Waals surface area contributed by atoms with Crippen LogP contribution in [0.2, 0.25) is 0 Å². The van der Waals surface area contributed by atoms with E-state index in [0.29, 0.717) is 0 Å². The molecule has 1 heterocycles. The molecule has 0 aromatic carbocycles. The second kappa shape index (κ2) is 6.81. The van der Waals surface area contributed by atoms with Crippen molar-refractivity contribution in [3.63, 3.8) is 0 Å². The van der Waals surface area contributed by atoms with Gasteiger partial charge in [-0.2, -0.15) is 5.10 Å². The molecule has 6 nitrogen and oxygen atoms in total. The van der Waals surface area contributed by atoms with Gasteiger partial charge in [-0.05, 0) is 6.92 Å². The third kappa shape index (κ3) is 4.31. The summed E-state index contributed by atoms with van der Waals surface area (Å²) in [7, 11) is 0. The highest BCUT2D eigenvalue weighted by Gasteiger charge is 2.20. The number of amides is 1. The summed E-state index contributed by atoms with van der Waals surface area (Å²) in [4.78, 5) is 22.1. The van der Waals surface area contributed by atoms with Crippen molar-refractivity contribution in [2.24, 2.45) is 0 Å². The summed E-state index contributed by atoms with van der Waals surface area (Å²) in [6.07, 6.45) is -2.76. The third-order valence-electron chi connectivity index (χ3n) is 2.22. The Hall–Kier alpha value is -1.99. The van der Waals surface area contributed by atoms with Gasteiger partial charge in [0.25, 0.3) is 6.43 Å². The van der Waals surface area contributed by atoms with Gasteiger partial charge in [-0.15, -0.1) is 0 Å². The molecule has 0 saturated carbocycles. The second-order valence-corrected chi connectivity index (χ2v) is 3.68. The fraction of sp³-hybridized carbons (Fsp3) is 0.545. The smallest absolute Gasteiger partial charge is 0.358 e. The molecule has 0 bridgehead atoms. The molecule has 1 amide bonds. The maximum Gasteiger partial charge on any atom is 0.358 e. The van der Waals surface area contributed by atoms with Crippen LogP contribution in [0.3, 0.4) is 0 Å². The normalized spacial score (nSPS) is 10.6. The van der Waals surface area contributed by atoms with Gasteiger partial charge in [0, 0.05) is 19.5 Å². The lowest BCUT2D eigenvalue weighted by Gasteiger charge is -2.06. The van der Waals surface area contributed by atoms with Gasteiger partial charge in [-0.3, -0.25) is 9.48 Å². The molecule has 0 atom stereocenters. The summed E-state index contributed by atoms with van der Waals surface area (Å²) < 4.78 is 31.2. The van der Waals surface area contributed by atoms with Gasteiger partial charge in [-0.1, -0.05) is 0 Å². The van der Waals surface area contributed by atoms with Crippen molar-refractivity contribution in [3.05, 3.63) is 17.5 Å². The summed E-state index contributed by atoms with van der Waals surface area (Å²) in [5.41, 5.74) is -0.548. The van der Waals surface area contributed by atoms with Crippen LogP contribution in [-0.2, 0) is 16.1 Å². The Morgan fingerprint density at radius 2 is 2.21 bits per heavy atom. The van der Waals surface area contributed by atoms with Crippen LogP contribution in [0.15, 0.2) is 6.07 Å². The number of ether oxygens (including phenoxy) is 1. The number of hydrogen-bond acceptors (Lipinski definition) is 4. The van der Waals surface area contributed by atoms with Gasteiger partial charge >= 0.3 is 5.97 Å². The topological polar surface area (TPSA) is 73.2 Å². The first-order chi connectivity index (χ1) is 8.95. The molecule has 0 fully saturated rings. The number of hydrogen-bond donors (Lipinski definition) is 1. The van der Waals surface area contributed by atoms with E-state index >= 15 is 0 Å². The second-order valence-electron chi connectivity index (χ2n) is 3.68. The summed E-state index contributed by atoms with van der Waals surface area (Å²) in [6, 6.07) is 0.996. The molecule has 0 unspecified atom stereocenters. The Kier molecular flexibility index (Phi) is 5.40. The third-order valence-corrected chi connectivity index (χ3v) is 2.22. The highest BCUT2D eigenvalue weighted by Crippen LogP contribution is 2.20. The predicted molar refractivity (Wildman–Crippen MR) is 61.8 cm³/mol. The maximum absolute atomic E-state index is 12.8. The number of alkyl halides is 2. The molecule has 8 heteroatoms. The Bertz CT molecular complexity index is 460. The van der Waals surface area contributed by atoms with Gasteiger partial charge in [0.2, 0.25) is 5.91 Å². The van der Waals surface area contributed by atoms with E-state index in [2.05, 4.69) is 15.2 Å². The molecule has 0 saturated heterocycles. The Morgan fingerprint density at radius 3 is 2.74 bits per heavy atom. The van der Waals surface area contributed by atoms with Gasteiger partial charge in [-0.25, -0.2) is 13.6 Å². The first-order valence-electron chi connectivity index (χ1n) is 5.73. The number of carbonyl (C=O) groups is 2. The fourth-order valence-corrected chi connectivity index (χ4v) is 1.43. The van der Waals surface area contributed by atoms with E-state index in [9.17, 15) is 18.4 Å². The largest absolute Gasteiger partial charge is 0.461 e. The first kappa shape index (κ1) is 15.1. The molecule has 0 spiro atoms. The van der Waals surface area contributed by atoms with Gasteiger partial charge in [0.15, 0.2) is 5.69 Å². The molecule has 1 aromatic rings. The van der Waals surface area contributed by atoms with Crippen molar-refractivity contribution in [2.45, 2.75) is 26.8 Å². The average Bonchev–Trinajstić information content (AvgIpc) is 2.73. The summed E-state index contributed by atoms with van der Waals surface area (Å²) in [5.74, 6) is -1.01. The lowest BCUT2D eigenvalue weighted by atomic mass is 10.3. The summed E-state index contributed by atoms with van der Waals surface area (Å²) in [5, 5.41) is 6.22. The van der Waals surface area contributed by atoms with Crippen molar-refractivity contribution in [3.8, 4) is 0 Å². The van der Waals surface area contributed by atoms with Crippen LogP contribution in [0.5, 0.6) is 0 Å². The summed E-state index contributed by atoms with van der Waals surface area (Å²) in [6.45, 7) is 3.28. The van der Waals surface area contributed by atoms with Crippen LogP contribution >= 0.6 is 0 Å². The van der Waals surface area contributed by atoms with Crippen molar-refractivity contribution in [1.29, 1.82) is 0 Å². The quantitative estimate of drug-likeness (QED) is 0.790. The van der Waals surface area contributed by atoms with E-state index in [1.54, 1.807) is 6.92 Å². The monoisotopic (exact) mass is 275 g/mol. The minimum atomic E-state index is -2.76. The molecule has 0 radical (unpaired) electrons. The van der Waals surface area contributed by atoms with Crippen LogP contribution in [0.1, 0.15) is 36.5 Å². The van der Waals surface area contributed by atoms with E-state index in [4.69, 9.17) is 0 Å². The number of nitrogens with zero attached hydrogens (tertiary/aromatic N) is 2. The van der Waals surface area contributed by atoms with Gasteiger partial charge < -0.3 is 10.1 Å². The molecule has 0 aliphatic carbocycles. The molecule has 0 aliphatic rings. The lowest BCUT2D eigenvalue weighted by molar-refractivity contribution is -0.119. The van der Waals surface area contributed by atoms with Crippen LogP contribution < -0.4 is 5.32 Å². The van der Waals surface area contributed by atoms with Crippen molar-refractivity contribution < 1.29 is 23.1 Å². The van der Waals surface area contributed by atoms with Crippen LogP contribution in [0, 0.1) is 0 Å². The molecule has 106 valence electrons.